The van der Waals surface area contributed by atoms with Crippen molar-refractivity contribution >= 4 is 17.3 Å². The van der Waals surface area contributed by atoms with Crippen molar-refractivity contribution in [3.05, 3.63) is 58.9 Å². The first-order valence-corrected chi connectivity index (χ1v) is 9.66. The third-order valence-corrected chi connectivity index (χ3v) is 5.02. The molecule has 0 aromatic heterocycles. The molecule has 0 aliphatic carbocycles. The van der Waals surface area contributed by atoms with Crippen LogP contribution < -0.4 is 44.9 Å². The topological polar surface area (TPSA) is 55.4 Å². The second kappa shape index (κ2) is 10.8. The molecular formula is C22H26FN2NaO2. The summed E-state index contributed by atoms with van der Waals surface area (Å²) in [4.78, 5) is 13.0. The molecule has 0 unspecified atom stereocenters. The van der Waals surface area contributed by atoms with E-state index in [0.29, 0.717) is 17.8 Å². The fourth-order valence-electron chi connectivity index (χ4n) is 3.75. The van der Waals surface area contributed by atoms with E-state index in [2.05, 4.69) is 35.3 Å². The summed E-state index contributed by atoms with van der Waals surface area (Å²) in [5, 5.41) is 13.9. The molecule has 0 fully saturated rings. The summed E-state index contributed by atoms with van der Waals surface area (Å²) in [5.41, 5.74) is 5.03. The molecule has 0 saturated heterocycles. The van der Waals surface area contributed by atoms with Gasteiger partial charge in [0.1, 0.15) is 5.82 Å². The van der Waals surface area contributed by atoms with Gasteiger partial charge in [0, 0.05) is 37.0 Å². The first kappa shape index (κ1) is 22.7. The zero-order valence-electron chi connectivity index (χ0n) is 16.8. The number of carbonyl (C=O) groups is 1. The van der Waals surface area contributed by atoms with Crippen LogP contribution in [0.1, 0.15) is 42.9 Å². The summed E-state index contributed by atoms with van der Waals surface area (Å²) in [6.07, 6.45) is 3.37. The Morgan fingerprint density at radius 3 is 2.79 bits per heavy atom. The third-order valence-electron chi connectivity index (χ3n) is 5.02. The Labute approximate surface area is 188 Å². The molecule has 0 amide bonds. The van der Waals surface area contributed by atoms with Gasteiger partial charge in [0.05, 0.1) is 0 Å². The molecule has 4 nitrogen and oxygen atoms in total. The Morgan fingerprint density at radius 2 is 2.07 bits per heavy atom. The van der Waals surface area contributed by atoms with Crippen molar-refractivity contribution in [1.82, 2.24) is 0 Å². The molecule has 0 saturated carbocycles. The molecule has 1 heterocycles. The van der Waals surface area contributed by atoms with Gasteiger partial charge in [-0.15, -0.1) is 0 Å². The Kier molecular flexibility index (Phi) is 8.80. The summed E-state index contributed by atoms with van der Waals surface area (Å²) in [6, 6.07) is 11.3. The van der Waals surface area contributed by atoms with Gasteiger partial charge in [-0.25, -0.2) is 4.39 Å². The number of fused-ring (bicyclic) bond motifs is 1. The summed E-state index contributed by atoms with van der Waals surface area (Å²) in [7, 11) is 0. The van der Waals surface area contributed by atoms with Gasteiger partial charge in [0.25, 0.3) is 0 Å². The number of para-hydroxylation sites is 1. The Hall–Kier alpha value is -1.56. The van der Waals surface area contributed by atoms with E-state index >= 15 is 0 Å². The minimum atomic E-state index is -1.16. The van der Waals surface area contributed by atoms with Crippen molar-refractivity contribution in [3.8, 4) is 0 Å². The van der Waals surface area contributed by atoms with Crippen molar-refractivity contribution in [2.45, 2.75) is 45.6 Å². The Morgan fingerprint density at radius 1 is 1.25 bits per heavy atom. The number of carbonyl (C=O) groups excluding carboxylic acids is 1. The van der Waals surface area contributed by atoms with Crippen LogP contribution in [0.3, 0.4) is 0 Å². The molecule has 0 radical (unpaired) electrons. The quantitative estimate of drug-likeness (QED) is 0.656. The van der Waals surface area contributed by atoms with Gasteiger partial charge < -0.3 is 20.1 Å². The number of carboxylic acid groups (broad SMARTS) is 1. The van der Waals surface area contributed by atoms with E-state index in [1.807, 2.05) is 0 Å². The third kappa shape index (κ3) is 5.72. The van der Waals surface area contributed by atoms with E-state index in [1.165, 1.54) is 29.3 Å². The number of halogens is 1. The van der Waals surface area contributed by atoms with Crippen LogP contribution in [0, 0.1) is 5.82 Å². The predicted octanol–water partition coefficient (Wildman–Crippen LogP) is 0.287. The molecule has 144 valence electrons. The van der Waals surface area contributed by atoms with E-state index in [-0.39, 0.29) is 48.2 Å². The number of nitrogens with one attached hydrogen (secondary N) is 1. The van der Waals surface area contributed by atoms with E-state index in [9.17, 15) is 14.3 Å². The maximum Gasteiger partial charge on any atom is 1.00 e. The SMILES string of the molecule is CCCN1CCCc2cccc(CNc3ccc(CCC(=O)[O-])c(F)c3)c21.[Na+]. The maximum atomic E-state index is 14.2. The van der Waals surface area contributed by atoms with Gasteiger partial charge >= 0.3 is 29.6 Å². The molecule has 0 spiro atoms. The number of rotatable bonds is 8. The van der Waals surface area contributed by atoms with Gasteiger partial charge in [0.2, 0.25) is 0 Å². The second-order valence-corrected chi connectivity index (χ2v) is 7.05. The minimum absolute atomic E-state index is 0. The van der Waals surface area contributed by atoms with Crippen LogP contribution in [0.4, 0.5) is 15.8 Å². The Balaban J connectivity index is 0.00000280. The molecule has 0 atom stereocenters. The average molecular weight is 392 g/mol. The van der Waals surface area contributed by atoms with Gasteiger partial charge in [0.15, 0.2) is 0 Å². The van der Waals surface area contributed by atoms with E-state index < -0.39 is 5.97 Å². The molecule has 1 aliphatic rings. The van der Waals surface area contributed by atoms with Crippen LogP contribution >= 0.6 is 0 Å². The standard InChI is InChI=1S/C22H27FN2O2.Na/c1-2-12-25-13-4-7-17-5-3-6-18(22(17)25)15-24-19-10-8-16(20(23)14-19)9-11-21(26)27;/h3,5-6,8,10,14,24H,2,4,7,9,11-13,15H2,1H3,(H,26,27);/q;+1/p-1. The number of benzene rings is 2. The fourth-order valence-corrected chi connectivity index (χ4v) is 3.75. The molecule has 2 aromatic rings. The van der Waals surface area contributed by atoms with Crippen molar-refractivity contribution in [3.63, 3.8) is 0 Å². The summed E-state index contributed by atoms with van der Waals surface area (Å²) in [6.45, 7) is 4.95. The van der Waals surface area contributed by atoms with Crippen LogP contribution in [0.15, 0.2) is 36.4 Å². The monoisotopic (exact) mass is 392 g/mol. The fraction of sp³-hybridized carbons (Fsp3) is 0.409. The van der Waals surface area contributed by atoms with Crippen LogP contribution in [-0.4, -0.2) is 19.1 Å². The number of aliphatic carboxylic acids is 1. The molecule has 6 heteroatoms. The smallest absolute Gasteiger partial charge is 0.550 e. The van der Waals surface area contributed by atoms with Crippen LogP contribution in [-0.2, 0) is 24.2 Å². The molecule has 2 aromatic carbocycles. The van der Waals surface area contributed by atoms with Crippen molar-refractivity contribution in [1.29, 1.82) is 0 Å². The van der Waals surface area contributed by atoms with Crippen molar-refractivity contribution in [2.24, 2.45) is 0 Å². The largest absolute Gasteiger partial charge is 1.00 e. The minimum Gasteiger partial charge on any atom is -0.550 e. The van der Waals surface area contributed by atoms with Gasteiger partial charge in [-0.3, -0.25) is 0 Å². The normalized spacial score (nSPS) is 12.9. The summed E-state index contributed by atoms with van der Waals surface area (Å²) in [5.74, 6) is -1.55. The maximum absolute atomic E-state index is 14.2. The Bertz CT molecular complexity index is 813. The predicted molar refractivity (Wildman–Crippen MR) is 104 cm³/mol. The van der Waals surface area contributed by atoms with Gasteiger partial charge in [-0.05, 0) is 60.9 Å². The number of hydrogen-bond acceptors (Lipinski definition) is 4. The van der Waals surface area contributed by atoms with E-state index in [4.69, 9.17) is 0 Å². The van der Waals surface area contributed by atoms with E-state index in [1.54, 1.807) is 12.1 Å². The molecule has 3 rings (SSSR count). The molecule has 28 heavy (non-hydrogen) atoms. The van der Waals surface area contributed by atoms with Crippen LogP contribution in [0.5, 0.6) is 0 Å². The number of nitrogens with zero attached hydrogens (tertiary/aromatic N) is 1. The van der Waals surface area contributed by atoms with Crippen LogP contribution in [0.2, 0.25) is 0 Å². The number of anilines is 2. The molecular weight excluding hydrogens is 366 g/mol. The van der Waals surface area contributed by atoms with Gasteiger partial charge in [-0.1, -0.05) is 31.2 Å². The van der Waals surface area contributed by atoms with E-state index in [0.717, 1.165) is 25.9 Å². The van der Waals surface area contributed by atoms with Crippen molar-refractivity contribution in [2.75, 3.05) is 23.3 Å². The number of carboxylic acids is 1. The molecule has 0 bridgehead atoms. The second-order valence-electron chi connectivity index (χ2n) is 7.05. The molecule has 1 aliphatic heterocycles. The van der Waals surface area contributed by atoms with Gasteiger partial charge in [-0.2, -0.15) is 0 Å². The summed E-state index contributed by atoms with van der Waals surface area (Å²) < 4.78 is 14.2. The first-order valence-electron chi connectivity index (χ1n) is 9.66. The van der Waals surface area contributed by atoms with Crippen molar-refractivity contribution < 1.29 is 43.8 Å². The zero-order valence-corrected chi connectivity index (χ0v) is 18.8. The zero-order chi connectivity index (χ0) is 19.2. The number of hydrogen-bond donors (Lipinski definition) is 1. The summed E-state index contributed by atoms with van der Waals surface area (Å²) >= 11 is 0. The molecule has 1 N–H and O–H groups in total. The van der Waals surface area contributed by atoms with Crippen LogP contribution in [0.25, 0.3) is 0 Å². The number of aryl methyl sites for hydroxylation is 2. The first-order chi connectivity index (χ1) is 13.1. The average Bonchev–Trinajstić information content (AvgIpc) is 2.66.